The fourth-order valence-electron chi connectivity index (χ4n) is 0.978. The summed E-state index contributed by atoms with van der Waals surface area (Å²) in [5.74, 6) is 0.444. The molecule has 1 rings (SSSR count). The highest BCUT2D eigenvalue weighted by Gasteiger charge is 2.05. The summed E-state index contributed by atoms with van der Waals surface area (Å²) in [5.41, 5.74) is 0.727. The highest BCUT2D eigenvalue weighted by Crippen LogP contribution is 2.32. The van der Waals surface area contributed by atoms with E-state index >= 15 is 0 Å². The highest BCUT2D eigenvalue weighted by molar-refractivity contribution is 9.10. The number of ether oxygens (including phenoxy) is 1. The molecule has 0 aliphatic carbocycles. The molecule has 0 fully saturated rings. The molecule has 0 heterocycles. The summed E-state index contributed by atoms with van der Waals surface area (Å²) < 4.78 is 5.68. The van der Waals surface area contributed by atoms with Crippen molar-refractivity contribution >= 4 is 22.0 Å². The van der Waals surface area contributed by atoms with E-state index in [1.165, 1.54) is 19.3 Å². The molecule has 72 valence electrons. The zero-order chi connectivity index (χ0) is 10.6. The number of phenols is 1. The van der Waals surface area contributed by atoms with Crippen molar-refractivity contribution in [2.75, 3.05) is 7.11 Å². The van der Waals surface area contributed by atoms with Gasteiger partial charge in [-0.15, -0.1) is 0 Å². The predicted molar refractivity (Wildman–Crippen MR) is 57.0 cm³/mol. The molecule has 0 aliphatic rings. The van der Waals surface area contributed by atoms with E-state index < -0.39 is 0 Å². The van der Waals surface area contributed by atoms with Gasteiger partial charge in [-0.2, -0.15) is 5.26 Å². The van der Waals surface area contributed by atoms with Crippen molar-refractivity contribution in [2.24, 2.45) is 0 Å². The molecule has 0 radical (unpaired) electrons. The molecule has 0 saturated carbocycles. The highest BCUT2D eigenvalue weighted by atomic mass is 79.9. The van der Waals surface area contributed by atoms with Gasteiger partial charge in [-0.1, -0.05) is 15.9 Å². The van der Waals surface area contributed by atoms with Crippen LogP contribution in [0.2, 0.25) is 0 Å². The third kappa shape index (κ3) is 2.27. The maximum absolute atomic E-state index is 9.45. The molecule has 4 heteroatoms. The van der Waals surface area contributed by atoms with Crippen molar-refractivity contribution in [3.63, 3.8) is 0 Å². The minimum Gasteiger partial charge on any atom is -0.504 e. The van der Waals surface area contributed by atoms with E-state index in [9.17, 15) is 5.11 Å². The SMILES string of the molecule is COc1cc(Br)c(C=CC#N)cc1O. The minimum atomic E-state index is 0.0493. The van der Waals surface area contributed by atoms with Crippen LogP contribution in [0, 0.1) is 11.3 Å². The van der Waals surface area contributed by atoms with Crippen molar-refractivity contribution in [1.29, 1.82) is 5.26 Å². The fourth-order valence-corrected chi connectivity index (χ4v) is 1.43. The number of hydrogen-bond acceptors (Lipinski definition) is 3. The van der Waals surface area contributed by atoms with Gasteiger partial charge in [0.1, 0.15) is 0 Å². The first kappa shape index (κ1) is 10.6. The Labute approximate surface area is 90.4 Å². The van der Waals surface area contributed by atoms with Crippen LogP contribution in [0.5, 0.6) is 11.5 Å². The van der Waals surface area contributed by atoms with Gasteiger partial charge in [0.2, 0.25) is 0 Å². The molecule has 0 spiro atoms. The molecule has 1 aromatic carbocycles. The van der Waals surface area contributed by atoms with Crippen LogP contribution in [-0.2, 0) is 0 Å². The largest absolute Gasteiger partial charge is 0.504 e. The predicted octanol–water partition coefficient (Wildman–Crippen LogP) is 2.70. The number of halogens is 1. The van der Waals surface area contributed by atoms with Gasteiger partial charge < -0.3 is 9.84 Å². The van der Waals surface area contributed by atoms with Crippen LogP contribution in [0.3, 0.4) is 0 Å². The van der Waals surface area contributed by atoms with E-state index in [-0.39, 0.29) is 5.75 Å². The van der Waals surface area contributed by atoms with Gasteiger partial charge in [-0.3, -0.25) is 0 Å². The van der Waals surface area contributed by atoms with E-state index in [4.69, 9.17) is 10.00 Å². The Bertz CT molecular complexity index is 407. The second-order valence-electron chi connectivity index (χ2n) is 2.51. The Balaban J connectivity index is 3.16. The third-order valence-corrected chi connectivity index (χ3v) is 2.32. The Morgan fingerprint density at radius 1 is 1.57 bits per heavy atom. The summed E-state index contributed by atoms with van der Waals surface area (Å²) in [5, 5.41) is 17.8. The van der Waals surface area contributed by atoms with E-state index in [2.05, 4.69) is 15.9 Å². The Morgan fingerprint density at radius 3 is 2.86 bits per heavy atom. The lowest BCUT2D eigenvalue weighted by molar-refractivity contribution is 0.373. The number of aromatic hydroxyl groups is 1. The number of methoxy groups -OCH3 is 1. The first-order chi connectivity index (χ1) is 6.69. The van der Waals surface area contributed by atoms with Gasteiger partial charge >= 0.3 is 0 Å². The monoisotopic (exact) mass is 253 g/mol. The Hall–Kier alpha value is -1.47. The number of nitriles is 1. The summed E-state index contributed by atoms with van der Waals surface area (Å²) in [6.07, 6.45) is 2.94. The van der Waals surface area contributed by atoms with Gasteiger partial charge in [0.05, 0.1) is 13.2 Å². The lowest BCUT2D eigenvalue weighted by Gasteiger charge is -2.05. The molecule has 0 aromatic heterocycles. The zero-order valence-corrected chi connectivity index (χ0v) is 9.08. The summed E-state index contributed by atoms with van der Waals surface area (Å²) in [6.45, 7) is 0. The van der Waals surface area contributed by atoms with Crippen molar-refractivity contribution in [1.82, 2.24) is 0 Å². The molecule has 1 N–H and O–H groups in total. The van der Waals surface area contributed by atoms with E-state index in [0.29, 0.717) is 5.75 Å². The van der Waals surface area contributed by atoms with E-state index in [0.717, 1.165) is 10.0 Å². The molecule has 0 saturated heterocycles. The first-order valence-corrected chi connectivity index (χ1v) is 4.61. The van der Waals surface area contributed by atoms with Crippen LogP contribution < -0.4 is 4.74 Å². The molecule has 0 atom stereocenters. The normalized spacial score (nSPS) is 10.1. The minimum absolute atomic E-state index is 0.0493. The molecule has 0 bridgehead atoms. The second kappa shape index (κ2) is 4.68. The standard InChI is InChI=1S/C10H8BrNO2/c1-14-10-6-8(11)7(3-2-4-12)5-9(10)13/h2-3,5-6,13H,1H3. The number of hydrogen-bond donors (Lipinski definition) is 1. The molecule has 0 amide bonds. The number of phenolic OH excluding ortho intramolecular Hbond substituents is 1. The average molecular weight is 254 g/mol. The Morgan fingerprint density at radius 2 is 2.29 bits per heavy atom. The molecule has 14 heavy (non-hydrogen) atoms. The third-order valence-electron chi connectivity index (χ3n) is 1.64. The quantitative estimate of drug-likeness (QED) is 0.825. The number of rotatable bonds is 2. The van der Waals surface area contributed by atoms with Crippen molar-refractivity contribution in [2.45, 2.75) is 0 Å². The summed E-state index contributed by atoms with van der Waals surface area (Å²) in [6, 6.07) is 5.05. The molecular formula is C10H8BrNO2. The van der Waals surface area contributed by atoms with Crippen LogP contribution in [0.15, 0.2) is 22.7 Å². The van der Waals surface area contributed by atoms with Crippen LogP contribution >= 0.6 is 15.9 Å². The van der Waals surface area contributed by atoms with Crippen LogP contribution in [0.1, 0.15) is 5.56 Å². The number of allylic oxidation sites excluding steroid dienone is 1. The van der Waals surface area contributed by atoms with Crippen molar-refractivity contribution in [3.8, 4) is 17.6 Å². The summed E-state index contributed by atoms with van der Waals surface area (Å²) in [4.78, 5) is 0. The van der Waals surface area contributed by atoms with E-state index in [1.54, 1.807) is 12.1 Å². The smallest absolute Gasteiger partial charge is 0.161 e. The summed E-state index contributed by atoms with van der Waals surface area (Å²) >= 11 is 3.30. The van der Waals surface area contributed by atoms with Gasteiger partial charge in [-0.25, -0.2) is 0 Å². The second-order valence-corrected chi connectivity index (χ2v) is 3.36. The van der Waals surface area contributed by atoms with Crippen molar-refractivity contribution in [3.05, 3.63) is 28.2 Å². The lowest BCUT2D eigenvalue weighted by atomic mass is 10.2. The van der Waals surface area contributed by atoms with Gasteiger partial charge in [0, 0.05) is 10.5 Å². The maximum atomic E-state index is 9.45. The first-order valence-electron chi connectivity index (χ1n) is 3.81. The molecule has 1 aromatic rings. The van der Waals surface area contributed by atoms with Crippen molar-refractivity contribution < 1.29 is 9.84 Å². The molecule has 0 unspecified atom stereocenters. The topological polar surface area (TPSA) is 53.2 Å². The zero-order valence-electron chi connectivity index (χ0n) is 7.49. The van der Waals surface area contributed by atoms with Crippen LogP contribution in [0.25, 0.3) is 6.08 Å². The molecule has 0 aliphatic heterocycles. The fraction of sp³-hybridized carbons (Fsp3) is 0.100. The average Bonchev–Trinajstić information content (AvgIpc) is 2.18. The van der Waals surface area contributed by atoms with Crippen LogP contribution in [-0.4, -0.2) is 12.2 Å². The van der Waals surface area contributed by atoms with Gasteiger partial charge in [0.15, 0.2) is 11.5 Å². The number of nitrogens with zero attached hydrogens (tertiary/aromatic N) is 1. The van der Waals surface area contributed by atoms with Gasteiger partial charge in [0.25, 0.3) is 0 Å². The molecular weight excluding hydrogens is 246 g/mol. The molecule has 3 nitrogen and oxygen atoms in total. The summed E-state index contributed by atoms with van der Waals surface area (Å²) in [7, 11) is 1.48. The Kier molecular flexibility index (Phi) is 3.55. The number of benzene rings is 1. The van der Waals surface area contributed by atoms with E-state index in [1.807, 2.05) is 6.07 Å². The lowest BCUT2D eigenvalue weighted by Crippen LogP contribution is -1.85. The maximum Gasteiger partial charge on any atom is 0.161 e. The van der Waals surface area contributed by atoms with Crippen LogP contribution in [0.4, 0.5) is 0 Å². The van der Waals surface area contributed by atoms with Gasteiger partial charge in [-0.05, 0) is 23.8 Å².